The van der Waals surface area contributed by atoms with Crippen LogP contribution in [0.4, 0.5) is 0 Å². The Morgan fingerprint density at radius 3 is 2.00 bits per heavy atom. The van der Waals surface area contributed by atoms with Gasteiger partial charge < -0.3 is 14.2 Å². The molecule has 0 heterocycles. The number of methoxy groups -OCH3 is 2. The molecule has 0 aliphatic heterocycles. The van der Waals surface area contributed by atoms with Crippen LogP contribution in [0.5, 0.6) is 0 Å². The molecule has 1 unspecified atom stereocenters. The third-order valence-corrected chi connectivity index (χ3v) is 4.06. The molecule has 0 bridgehead atoms. The molecule has 0 N–H and O–H groups in total. The summed E-state index contributed by atoms with van der Waals surface area (Å²) in [6, 6.07) is 0. The third kappa shape index (κ3) is 7.30. The number of hydrogen-bond acceptors (Lipinski definition) is 4. The van der Waals surface area contributed by atoms with Gasteiger partial charge in [0.15, 0.2) is 0 Å². The maximum atomic E-state index is 5.76. The molecule has 0 aromatic heterocycles. The van der Waals surface area contributed by atoms with Crippen molar-refractivity contribution in [3.05, 3.63) is 0 Å². The summed E-state index contributed by atoms with van der Waals surface area (Å²) in [5, 5.41) is 0. The minimum absolute atomic E-state index is 0.237. The molecule has 0 aliphatic carbocycles. The van der Waals surface area contributed by atoms with Gasteiger partial charge in [0.1, 0.15) is 0 Å². The van der Waals surface area contributed by atoms with E-state index in [-0.39, 0.29) is 5.92 Å². The van der Waals surface area contributed by atoms with Gasteiger partial charge in [-0.15, -0.1) is 0 Å². The molecule has 0 rings (SSSR count). The largest absolute Gasteiger partial charge is 0.331 e. The van der Waals surface area contributed by atoms with Crippen LogP contribution in [0.1, 0.15) is 65.2 Å². The molecule has 3 nitrogen and oxygen atoms in total. The number of ether oxygens (including phenoxy) is 3. The van der Waals surface area contributed by atoms with Crippen LogP contribution in [0.3, 0.4) is 0 Å². The lowest BCUT2D eigenvalue weighted by Crippen LogP contribution is -2.45. The van der Waals surface area contributed by atoms with E-state index in [9.17, 15) is 0 Å². The highest BCUT2D eigenvalue weighted by Gasteiger charge is 2.39. The predicted molar refractivity (Wildman–Crippen MR) is 88.3 cm³/mol. The Kier molecular flexibility index (Phi) is 13.1. The molecule has 0 aliphatic rings. The molecule has 0 aromatic carbocycles. The topological polar surface area (TPSA) is 27.7 Å². The molecule has 0 amide bonds. The van der Waals surface area contributed by atoms with Crippen LogP contribution in [-0.4, -0.2) is 32.6 Å². The first-order valence-corrected chi connectivity index (χ1v) is 8.69. The molecule has 0 spiro atoms. The second-order valence-corrected chi connectivity index (χ2v) is 5.66. The van der Waals surface area contributed by atoms with Crippen molar-refractivity contribution >= 4 is 12.6 Å². The van der Waals surface area contributed by atoms with Gasteiger partial charge >= 0.3 is 0 Å². The Hall–Kier alpha value is 0.230. The molecular weight excluding hydrogens is 272 g/mol. The summed E-state index contributed by atoms with van der Waals surface area (Å²) in [7, 11) is 3.32. The van der Waals surface area contributed by atoms with Gasteiger partial charge in [0.05, 0.1) is 0 Å². The van der Waals surface area contributed by atoms with E-state index in [1.165, 1.54) is 38.5 Å². The first-order valence-electron chi connectivity index (χ1n) is 8.05. The van der Waals surface area contributed by atoms with Crippen molar-refractivity contribution < 1.29 is 14.2 Å². The van der Waals surface area contributed by atoms with E-state index < -0.39 is 5.97 Å². The van der Waals surface area contributed by atoms with Crippen LogP contribution in [-0.2, 0) is 14.2 Å². The first-order chi connectivity index (χ1) is 9.70. The SMILES string of the molecule is CCCCCCCCC(CCS)C(OC)(OC)OCC. The Balaban J connectivity index is 4.29. The second-order valence-electron chi connectivity index (χ2n) is 5.21. The van der Waals surface area contributed by atoms with Crippen LogP contribution in [0.15, 0.2) is 0 Å². The molecule has 0 fully saturated rings. The molecule has 122 valence electrons. The smallest absolute Gasteiger partial charge is 0.285 e. The highest BCUT2D eigenvalue weighted by atomic mass is 32.1. The van der Waals surface area contributed by atoms with Crippen molar-refractivity contribution in [1.82, 2.24) is 0 Å². The van der Waals surface area contributed by atoms with Gasteiger partial charge in [-0.1, -0.05) is 45.4 Å². The molecule has 0 saturated carbocycles. The van der Waals surface area contributed by atoms with Gasteiger partial charge in [0.2, 0.25) is 0 Å². The average Bonchev–Trinajstić information content (AvgIpc) is 2.47. The third-order valence-electron chi connectivity index (χ3n) is 3.80. The van der Waals surface area contributed by atoms with Crippen molar-refractivity contribution in [1.29, 1.82) is 0 Å². The minimum atomic E-state index is -0.902. The van der Waals surface area contributed by atoms with Crippen molar-refractivity contribution in [2.45, 2.75) is 71.2 Å². The summed E-state index contributed by atoms with van der Waals surface area (Å²) < 4.78 is 16.9. The Morgan fingerprint density at radius 2 is 1.50 bits per heavy atom. The fraction of sp³-hybridized carbons (Fsp3) is 1.00. The molecule has 0 radical (unpaired) electrons. The first kappa shape index (κ1) is 20.2. The summed E-state index contributed by atoms with van der Waals surface area (Å²) in [4.78, 5) is 0. The van der Waals surface area contributed by atoms with Crippen molar-refractivity contribution in [3.8, 4) is 0 Å². The highest BCUT2D eigenvalue weighted by molar-refractivity contribution is 7.80. The van der Waals surface area contributed by atoms with Gasteiger partial charge in [-0.2, -0.15) is 12.6 Å². The van der Waals surface area contributed by atoms with E-state index in [4.69, 9.17) is 14.2 Å². The van der Waals surface area contributed by atoms with E-state index in [1.54, 1.807) is 14.2 Å². The van der Waals surface area contributed by atoms with Crippen molar-refractivity contribution in [3.63, 3.8) is 0 Å². The van der Waals surface area contributed by atoms with E-state index in [1.807, 2.05) is 6.92 Å². The summed E-state index contributed by atoms with van der Waals surface area (Å²) in [5.41, 5.74) is 0. The van der Waals surface area contributed by atoms with E-state index in [2.05, 4.69) is 19.6 Å². The van der Waals surface area contributed by atoms with Gasteiger partial charge in [0, 0.05) is 26.7 Å². The highest BCUT2D eigenvalue weighted by Crippen LogP contribution is 2.32. The van der Waals surface area contributed by atoms with Gasteiger partial charge in [-0.25, -0.2) is 0 Å². The van der Waals surface area contributed by atoms with Gasteiger partial charge in [-0.3, -0.25) is 0 Å². The molecule has 1 atom stereocenters. The summed E-state index contributed by atoms with van der Waals surface area (Å²) in [6.45, 7) is 4.80. The molecule has 4 heteroatoms. The molecular formula is C16H34O3S. The van der Waals surface area contributed by atoms with Crippen LogP contribution in [0, 0.1) is 5.92 Å². The standard InChI is InChI=1S/C16H34O3S/c1-5-7-8-9-10-11-12-15(13-14-20)16(17-3,18-4)19-6-2/h15,20H,5-14H2,1-4H3. The maximum Gasteiger partial charge on any atom is 0.285 e. The minimum Gasteiger partial charge on any atom is -0.331 e. The average molecular weight is 307 g/mol. The lowest BCUT2D eigenvalue weighted by atomic mass is 9.95. The maximum absolute atomic E-state index is 5.76. The number of unbranched alkanes of at least 4 members (excludes halogenated alkanes) is 5. The molecule has 0 aromatic rings. The predicted octanol–water partition coefficient (Wildman–Crippen LogP) is 4.66. The van der Waals surface area contributed by atoms with Crippen LogP contribution >= 0.6 is 12.6 Å². The van der Waals surface area contributed by atoms with Gasteiger partial charge in [-0.05, 0) is 25.5 Å². The summed E-state index contributed by atoms with van der Waals surface area (Å²) >= 11 is 4.36. The monoisotopic (exact) mass is 306 g/mol. The molecule has 20 heavy (non-hydrogen) atoms. The lowest BCUT2D eigenvalue weighted by Gasteiger charge is -2.37. The fourth-order valence-corrected chi connectivity index (χ4v) is 2.99. The van der Waals surface area contributed by atoms with E-state index in [0.29, 0.717) is 6.61 Å². The lowest BCUT2D eigenvalue weighted by molar-refractivity contribution is -0.387. The van der Waals surface area contributed by atoms with Crippen LogP contribution in [0.25, 0.3) is 0 Å². The Labute approximate surface area is 131 Å². The fourth-order valence-electron chi connectivity index (χ4n) is 2.68. The summed E-state index contributed by atoms with van der Waals surface area (Å²) in [6.07, 6.45) is 9.79. The number of rotatable bonds is 14. The van der Waals surface area contributed by atoms with Crippen LogP contribution < -0.4 is 0 Å². The van der Waals surface area contributed by atoms with Crippen molar-refractivity contribution in [2.24, 2.45) is 5.92 Å². The normalized spacial score (nSPS) is 13.7. The molecule has 0 saturated heterocycles. The van der Waals surface area contributed by atoms with E-state index in [0.717, 1.165) is 18.6 Å². The quantitative estimate of drug-likeness (QED) is 0.287. The van der Waals surface area contributed by atoms with Crippen LogP contribution in [0.2, 0.25) is 0 Å². The number of thiol groups is 1. The Morgan fingerprint density at radius 1 is 0.900 bits per heavy atom. The number of hydrogen-bond donors (Lipinski definition) is 1. The van der Waals surface area contributed by atoms with Gasteiger partial charge in [0.25, 0.3) is 5.97 Å². The Bertz CT molecular complexity index is 208. The zero-order chi connectivity index (χ0) is 15.3. The zero-order valence-electron chi connectivity index (χ0n) is 13.8. The summed E-state index contributed by atoms with van der Waals surface area (Å²) in [5.74, 6) is 0.157. The second kappa shape index (κ2) is 12.9. The van der Waals surface area contributed by atoms with Crippen molar-refractivity contribution in [2.75, 3.05) is 26.6 Å². The van der Waals surface area contributed by atoms with E-state index >= 15 is 0 Å². The zero-order valence-corrected chi connectivity index (χ0v) is 14.7.